The molecule has 2 saturated heterocycles. The van der Waals surface area contributed by atoms with Gasteiger partial charge >= 0.3 is 6.18 Å². The fourth-order valence-corrected chi connectivity index (χ4v) is 11.2. The topological polar surface area (TPSA) is 158 Å². The molecule has 4 aromatic carbocycles. The number of carbonyl (C=O) groups is 3. The largest absolute Gasteiger partial charge is 0.491 e. The smallest absolute Gasteiger partial charge is 0.417 e. The molecule has 8 rings (SSSR count). The van der Waals surface area contributed by atoms with E-state index in [0.29, 0.717) is 43.4 Å². The highest BCUT2D eigenvalue weighted by Crippen LogP contribution is 2.41. The molecule has 3 aliphatic rings. The number of thiazole rings is 1. The fourth-order valence-electron chi connectivity index (χ4n) is 9.89. The second kappa shape index (κ2) is 24.1. The SMILES string of the molecule is C.C=C1c2ccccc2CN1[C@H](C(=O)N1C[C@H](O)C[C@H]1C(=O)CCc1ccc(-c2scnc2C)cc1OCCOCCOCCOc1ccc(N2C(=S)N(c3ccc(C#N)c(C(F)(F)F)c3)C(=O)C2(C)C)cc1)C(C)C. The third-order valence-electron chi connectivity index (χ3n) is 13.7. The van der Waals surface area contributed by atoms with Crippen molar-refractivity contribution in [2.75, 3.05) is 56.0 Å². The average Bonchev–Trinajstić information content (AvgIpc) is 4.13. The summed E-state index contributed by atoms with van der Waals surface area (Å²) >= 11 is 7.17. The first-order valence-corrected chi connectivity index (χ1v) is 26.0. The molecule has 19 heteroatoms. The Balaban J connectivity index is 0.00000840. The molecule has 5 aromatic rings. The molecule has 3 atom stereocenters. The van der Waals surface area contributed by atoms with Crippen LogP contribution in [0.1, 0.15) is 81.5 Å². The van der Waals surface area contributed by atoms with Gasteiger partial charge in [-0.15, -0.1) is 11.3 Å². The summed E-state index contributed by atoms with van der Waals surface area (Å²) < 4.78 is 65.0. The molecule has 0 unspecified atom stereocenters. The monoisotopic (exact) mass is 1080 g/mol. The van der Waals surface area contributed by atoms with Crippen LogP contribution in [0.5, 0.6) is 11.5 Å². The number of aliphatic hydroxyl groups is 1. The molecule has 0 aliphatic carbocycles. The number of hydrogen-bond donors (Lipinski definition) is 1. The first kappa shape index (κ1) is 57.0. The van der Waals surface area contributed by atoms with Crippen LogP contribution in [-0.4, -0.2) is 113 Å². The van der Waals surface area contributed by atoms with Gasteiger partial charge in [-0.1, -0.05) is 64.3 Å². The number of benzene rings is 4. The lowest BCUT2D eigenvalue weighted by Gasteiger charge is -2.36. The molecule has 2 fully saturated rings. The number of ether oxygens (including phenoxy) is 4. The Morgan fingerprint density at radius 3 is 2.28 bits per heavy atom. The van der Waals surface area contributed by atoms with Gasteiger partial charge in [0.1, 0.15) is 36.3 Å². The van der Waals surface area contributed by atoms with Crippen LogP contribution in [0.3, 0.4) is 0 Å². The van der Waals surface area contributed by atoms with E-state index >= 15 is 0 Å². The number of carbonyl (C=O) groups excluding carboxylic acids is 3. The van der Waals surface area contributed by atoms with Gasteiger partial charge in [-0.05, 0) is 111 Å². The van der Waals surface area contributed by atoms with Gasteiger partial charge in [-0.25, -0.2) is 4.98 Å². The molecule has 0 radical (unpaired) electrons. The summed E-state index contributed by atoms with van der Waals surface area (Å²) in [5.74, 6) is 0.216. The van der Waals surface area contributed by atoms with Crippen LogP contribution >= 0.6 is 23.6 Å². The first-order chi connectivity index (χ1) is 35.8. The second-order valence-electron chi connectivity index (χ2n) is 19.4. The quantitative estimate of drug-likeness (QED) is 0.0547. The zero-order valence-corrected chi connectivity index (χ0v) is 44.0. The van der Waals surface area contributed by atoms with Gasteiger partial charge in [-0.3, -0.25) is 19.3 Å². The molecule has 1 aromatic heterocycles. The van der Waals surface area contributed by atoms with Crippen molar-refractivity contribution < 1.29 is 51.6 Å². The number of thiocarbonyl (C=S) groups is 1. The van der Waals surface area contributed by atoms with E-state index in [-0.39, 0.29) is 81.6 Å². The summed E-state index contributed by atoms with van der Waals surface area (Å²) in [5, 5.41) is 20.0. The number of rotatable bonds is 21. The van der Waals surface area contributed by atoms with E-state index in [4.69, 9.17) is 31.2 Å². The van der Waals surface area contributed by atoms with E-state index in [1.165, 1.54) is 17.4 Å². The summed E-state index contributed by atoms with van der Waals surface area (Å²) in [6.45, 7) is 15.7. The molecule has 14 nitrogen and oxygen atoms in total. The third-order valence-corrected chi connectivity index (χ3v) is 15.0. The highest BCUT2D eigenvalue weighted by atomic mass is 32.1. The lowest BCUT2D eigenvalue weighted by Crippen LogP contribution is -2.52. The van der Waals surface area contributed by atoms with E-state index < -0.39 is 46.9 Å². The number of anilines is 2. The number of aryl methyl sites for hydroxylation is 2. The van der Waals surface area contributed by atoms with Crippen LogP contribution in [-0.2, 0) is 43.0 Å². The molecule has 3 aliphatic heterocycles. The Kier molecular flexibility index (Phi) is 18.1. The maximum atomic E-state index is 14.4. The Bertz CT molecular complexity index is 2990. The number of β-amino-alcohol motifs (C(OH)–C–C–N with tert-alkyl or cyclic N) is 1. The number of halogens is 3. The Hall–Kier alpha value is -6.69. The van der Waals surface area contributed by atoms with Crippen LogP contribution in [0.25, 0.3) is 16.1 Å². The minimum absolute atomic E-state index is 0. The molecule has 0 saturated carbocycles. The van der Waals surface area contributed by atoms with Crippen molar-refractivity contribution in [3.8, 4) is 28.0 Å². The number of aromatic nitrogens is 1. The number of nitrogens with zero attached hydrogens (tertiary/aromatic N) is 6. The zero-order chi connectivity index (χ0) is 53.8. The van der Waals surface area contributed by atoms with Gasteiger partial charge in [0.2, 0.25) is 5.91 Å². The number of hydrogen-bond acceptors (Lipinski definition) is 13. The summed E-state index contributed by atoms with van der Waals surface area (Å²) in [7, 11) is 0. The average molecular weight is 1080 g/mol. The molecule has 0 spiro atoms. The first-order valence-electron chi connectivity index (χ1n) is 24.7. The van der Waals surface area contributed by atoms with Gasteiger partial charge in [-0.2, -0.15) is 18.4 Å². The van der Waals surface area contributed by atoms with Crippen molar-refractivity contribution in [1.82, 2.24) is 14.8 Å². The molecule has 402 valence electrons. The summed E-state index contributed by atoms with van der Waals surface area (Å²) in [5.41, 5.74) is 4.82. The summed E-state index contributed by atoms with van der Waals surface area (Å²) in [6, 6.07) is 24.0. The number of fused-ring (bicyclic) bond motifs is 1. The summed E-state index contributed by atoms with van der Waals surface area (Å²) in [4.78, 5) is 53.7. The standard InChI is InChI=1S/C56H59F3N6O8S2.CH4/c1-34(2)50(62-31-40-9-7-8-10-45(40)36(62)4)52(68)63-32-43(66)29-47(63)48(67)20-14-37-11-12-38(51-35(3)61-33-75-51)27-49(37)73-26-24-71-22-21-70-23-25-72-44-18-16-41(17-19-44)65-54(74)64(53(69)55(65,5)6)42-15-13-39(30-60)46(28-42)56(57,58)59;/h7-13,15-19,27-28,33-34,43,47,50,66H,4,14,20-26,29,31-32H2,1-3,5-6H3;1H4/t43-,47+,50+;/m1./s1. The lowest BCUT2D eigenvalue weighted by atomic mass is 9.97. The molecular weight excluding hydrogens is 1020 g/mol. The highest BCUT2D eigenvalue weighted by molar-refractivity contribution is 7.81. The summed E-state index contributed by atoms with van der Waals surface area (Å²) in [6.07, 6.45) is -4.93. The maximum Gasteiger partial charge on any atom is 0.417 e. The van der Waals surface area contributed by atoms with Crippen molar-refractivity contribution in [3.63, 3.8) is 0 Å². The van der Waals surface area contributed by atoms with Crippen molar-refractivity contribution in [2.24, 2.45) is 5.92 Å². The number of ketones is 1. The predicted octanol–water partition coefficient (Wildman–Crippen LogP) is 10.0. The maximum absolute atomic E-state index is 14.4. The second-order valence-corrected chi connectivity index (χ2v) is 20.7. The third kappa shape index (κ3) is 12.1. The van der Waals surface area contributed by atoms with Gasteiger partial charge in [0.25, 0.3) is 5.91 Å². The Labute approximate surface area is 451 Å². The minimum Gasteiger partial charge on any atom is -0.491 e. The van der Waals surface area contributed by atoms with Crippen molar-refractivity contribution >= 4 is 63.3 Å². The van der Waals surface area contributed by atoms with E-state index in [1.807, 2.05) is 68.1 Å². The van der Waals surface area contributed by atoms with Gasteiger partial charge in [0, 0.05) is 42.9 Å². The van der Waals surface area contributed by atoms with Gasteiger partial charge < -0.3 is 38.8 Å². The van der Waals surface area contributed by atoms with E-state index in [2.05, 4.69) is 11.6 Å². The number of likely N-dealkylation sites (tertiary alicyclic amines) is 1. The van der Waals surface area contributed by atoms with Crippen LogP contribution in [0.15, 0.2) is 97.0 Å². The minimum atomic E-state index is -4.81. The zero-order valence-electron chi connectivity index (χ0n) is 42.4. The van der Waals surface area contributed by atoms with Crippen molar-refractivity contribution in [3.05, 3.63) is 131 Å². The van der Waals surface area contributed by atoms with Crippen LogP contribution in [0.4, 0.5) is 24.5 Å². The van der Waals surface area contributed by atoms with Gasteiger partial charge in [0.05, 0.1) is 77.5 Å². The van der Waals surface area contributed by atoms with Crippen molar-refractivity contribution in [1.29, 1.82) is 5.26 Å². The number of Topliss-reactive ketones (excluding diaryl/α,β-unsaturated/α-hetero) is 1. The van der Waals surface area contributed by atoms with Crippen LogP contribution in [0.2, 0.25) is 0 Å². The number of nitriles is 1. The van der Waals surface area contributed by atoms with Crippen molar-refractivity contribution in [2.45, 2.75) is 97.8 Å². The van der Waals surface area contributed by atoms with Crippen LogP contribution in [0, 0.1) is 24.2 Å². The van der Waals surface area contributed by atoms with Gasteiger partial charge in [0.15, 0.2) is 10.9 Å². The number of aliphatic hydroxyl groups excluding tert-OH is 1. The highest BCUT2D eigenvalue weighted by Gasteiger charge is 2.51. The lowest BCUT2D eigenvalue weighted by molar-refractivity contribution is -0.142. The Morgan fingerprint density at radius 2 is 1.63 bits per heavy atom. The molecule has 76 heavy (non-hydrogen) atoms. The molecule has 4 heterocycles. The van der Waals surface area contributed by atoms with E-state index in [9.17, 15) is 37.9 Å². The molecule has 2 amide bonds. The number of alkyl halides is 3. The normalized spacial score (nSPS) is 17.5. The predicted molar refractivity (Wildman–Crippen MR) is 290 cm³/mol. The molecule has 1 N–H and O–H groups in total. The Morgan fingerprint density at radius 1 is 0.961 bits per heavy atom. The molecular formula is C57H63F3N6O8S2. The van der Waals surface area contributed by atoms with E-state index in [1.54, 1.807) is 59.5 Å². The number of amides is 2. The fraction of sp³-hybridized carbons (Fsp3) is 0.404. The van der Waals surface area contributed by atoms with E-state index in [0.717, 1.165) is 55.6 Å². The molecule has 0 bridgehead atoms. The van der Waals surface area contributed by atoms with Crippen LogP contribution < -0.4 is 19.3 Å².